The second-order valence-electron chi connectivity index (χ2n) is 9.07. The Labute approximate surface area is 206 Å². The van der Waals surface area contributed by atoms with Gasteiger partial charge in [0, 0.05) is 17.7 Å². The quantitative estimate of drug-likeness (QED) is 0.361. The standard InChI is InChI=1S/C20H26N2O3.C4H8O.C4H10/c1-14(2)6-9-16(4)18(23)21-12-20(5)13-22(19(24)25-20)17-10-7-15(3)8-11-17;1-3-4(2)5;1-3-4-2/h6-11H,12-13H2,1-5H3,(H,21,23);3H2,1-2H3;3-4H2,1-2H3/b16-9+;;. The average Bonchev–Trinajstić information content (AvgIpc) is 3.11. The summed E-state index contributed by atoms with van der Waals surface area (Å²) in [4.78, 5) is 35.8. The highest BCUT2D eigenvalue weighted by molar-refractivity contribution is 5.93. The van der Waals surface area contributed by atoms with Gasteiger partial charge < -0.3 is 14.8 Å². The molecular formula is C28H44N2O4. The van der Waals surface area contributed by atoms with E-state index in [0.717, 1.165) is 16.8 Å². The maximum absolute atomic E-state index is 12.2. The number of carbonyl (C=O) groups is 3. The lowest BCUT2D eigenvalue weighted by atomic mass is 10.1. The van der Waals surface area contributed by atoms with E-state index in [9.17, 15) is 14.4 Å². The van der Waals surface area contributed by atoms with Gasteiger partial charge in [-0.3, -0.25) is 9.69 Å². The molecule has 1 aromatic carbocycles. The summed E-state index contributed by atoms with van der Waals surface area (Å²) in [5.74, 6) is 0.0913. The number of nitrogens with zero attached hydrogens (tertiary/aromatic N) is 1. The molecule has 0 radical (unpaired) electrons. The Morgan fingerprint density at radius 1 is 1.03 bits per heavy atom. The van der Waals surface area contributed by atoms with Crippen molar-refractivity contribution in [2.75, 3.05) is 18.0 Å². The van der Waals surface area contributed by atoms with Crippen molar-refractivity contribution in [1.82, 2.24) is 5.32 Å². The predicted molar refractivity (Wildman–Crippen MR) is 141 cm³/mol. The summed E-state index contributed by atoms with van der Waals surface area (Å²) >= 11 is 0. The second kappa shape index (κ2) is 15.9. The first-order valence-corrected chi connectivity index (χ1v) is 12.1. The molecule has 0 saturated carbocycles. The Kier molecular flexibility index (Phi) is 14.5. The molecule has 0 aliphatic carbocycles. The molecular weight excluding hydrogens is 428 g/mol. The van der Waals surface area contributed by atoms with Crippen LogP contribution in [0.15, 0.2) is 47.6 Å². The van der Waals surface area contributed by atoms with Gasteiger partial charge in [-0.1, -0.05) is 69.0 Å². The predicted octanol–water partition coefficient (Wildman–Crippen LogP) is 6.53. The molecule has 1 aromatic rings. The van der Waals surface area contributed by atoms with Crippen molar-refractivity contribution in [2.24, 2.45) is 0 Å². The minimum absolute atomic E-state index is 0.163. The largest absolute Gasteiger partial charge is 0.439 e. The van der Waals surface area contributed by atoms with Gasteiger partial charge in [0.15, 0.2) is 0 Å². The summed E-state index contributed by atoms with van der Waals surface area (Å²) in [7, 11) is 0. The van der Waals surface area contributed by atoms with Crippen LogP contribution in [0.4, 0.5) is 10.5 Å². The van der Waals surface area contributed by atoms with Crippen LogP contribution in [-0.4, -0.2) is 36.5 Å². The number of anilines is 1. The molecule has 2 rings (SSSR count). The van der Waals surface area contributed by atoms with Crippen molar-refractivity contribution in [1.29, 1.82) is 0 Å². The van der Waals surface area contributed by atoms with Crippen LogP contribution in [0.5, 0.6) is 0 Å². The lowest BCUT2D eigenvalue weighted by molar-refractivity contribution is -0.118. The number of rotatable bonds is 7. The third-order valence-corrected chi connectivity index (χ3v) is 5.04. The number of nitrogens with one attached hydrogen (secondary N) is 1. The van der Waals surface area contributed by atoms with Crippen molar-refractivity contribution in [3.8, 4) is 0 Å². The zero-order valence-corrected chi connectivity index (χ0v) is 22.6. The number of hydrogen-bond donors (Lipinski definition) is 1. The number of Topliss-reactive ketones (excluding diaryl/α,β-unsaturated/α-hetero) is 1. The number of hydrogen-bond acceptors (Lipinski definition) is 4. The van der Waals surface area contributed by atoms with Crippen LogP contribution in [0.3, 0.4) is 0 Å². The summed E-state index contributed by atoms with van der Waals surface area (Å²) in [6, 6.07) is 7.70. The number of aryl methyl sites for hydroxylation is 1. The molecule has 1 fully saturated rings. The molecule has 0 spiro atoms. The van der Waals surface area contributed by atoms with Crippen molar-refractivity contribution >= 4 is 23.5 Å². The Morgan fingerprint density at radius 2 is 1.56 bits per heavy atom. The van der Waals surface area contributed by atoms with Crippen LogP contribution in [0.2, 0.25) is 0 Å². The number of amides is 2. The van der Waals surface area contributed by atoms with Crippen molar-refractivity contribution in [3.05, 3.63) is 53.1 Å². The van der Waals surface area contributed by atoms with E-state index in [1.807, 2.05) is 65.0 Å². The number of cyclic esters (lactones) is 1. The Morgan fingerprint density at radius 3 is 2.00 bits per heavy atom. The summed E-state index contributed by atoms with van der Waals surface area (Å²) in [6.45, 7) is 18.0. The zero-order valence-electron chi connectivity index (χ0n) is 22.6. The summed E-state index contributed by atoms with van der Waals surface area (Å²) in [5.41, 5.74) is 2.91. The Bertz CT molecular complexity index is 850. The van der Waals surface area contributed by atoms with E-state index in [2.05, 4.69) is 19.2 Å². The van der Waals surface area contributed by atoms with E-state index in [0.29, 0.717) is 18.5 Å². The minimum atomic E-state index is -0.756. The molecule has 1 aliphatic heterocycles. The van der Waals surface area contributed by atoms with E-state index in [1.54, 1.807) is 24.8 Å². The van der Waals surface area contributed by atoms with Crippen LogP contribution in [0.25, 0.3) is 0 Å². The van der Waals surface area contributed by atoms with Gasteiger partial charge in [-0.05, 0) is 53.7 Å². The van der Waals surface area contributed by atoms with E-state index in [4.69, 9.17) is 4.74 Å². The average molecular weight is 473 g/mol. The third-order valence-electron chi connectivity index (χ3n) is 5.04. The van der Waals surface area contributed by atoms with E-state index in [-0.39, 0.29) is 18.2 Å². The molecule has 0 bridgehead atoms. The van der Waals surface area contributed by atoms with Gasteiger partial charge >= 0.3 is 6.09 Å². The zero-order chi connectivity index (χ0) is 26.3. The highest BCUT2D eigenvalue weighted by Gasteiger charge is 2.42. The maximum Gasteiger partial charge on any atom is 0.415 e. The van der Waals surface area contributed by atoms with Gasteiger partial charge in [0.2, 0.25) is 5.91 Å². The molecule has 1 heterocycles. The Balaban J connectivity index is 0.00000103. The maximum atomic E-state index is 12.2. The van der Waals surface area contributed by atoms with Crippen LogP contribution in [-0.2, 0) is 14.3 Å². The van der Waals surface area contributed by atoms with Crippen LogP contribution < -0.4 is 10.2 Å². The molecule has 1 saturated heterocycles. The fourth-order valence-electron chi connectivity index (χ4n) is 2.48. The summed E-state index contributed by atoms with van der Waals surface area (Å²) in [5, 5.41) is 2.85. The van der Waals surface area contributed by atoms with Gasteiger partial charge in [-0.25, -0.2) is 4.79 Å². The minimum Gasteiger partial charge on any atom is -0.439 e. The molecule has 190 valence electrons. The van der Waals surface area contributed by atoms with Crippen molar-refractivity contribution in [3.63, 3.8) is 0 Å². The molecule has 1 unspecified atom stereocenters. The molecule has 2 amide bonds. The topological polar surface area (TPSA) is 75.7 Å². The lowest BCUT2D eigenvalue weighted by Crippen LogP contribution is -2.44. The van der Waals surface area contributed by atoms with Crippen molar-refractivity contribution in [2.45, 2.75) is 87.2 Å². The number of ether oxygens (including phenoxy) is 1. The molecule has 34 heavy (non-hydrogen) atoms. The summed E-state index contributed by atoms with van der Waals surface area (Å²) in [6.07, 6.45) is 6.59. The number of allylic oxidation sites excluding steroid dienone is 3. The number of benzene rings is 1. The molecule has 1 atom stereocenters. The third kappa shape index (κ3) is 12.4. The smallest absolute Gasteiger partial charge is 0.415 e. The first kappa shape index (κ1) is 31.1. The molecule has 0 aromatic heterocycles. The normalized spacial score (nSPS) is 16.9. The Hall–Kier alpha value is -2.89. The first-order chi connectivity index (χ1) is 15.9. The molecule has 1 N–H and O–H groups in total. The lowest BCUT2D eigenvalue weighted by Gasteiger charge is -2.22. The summed E-state index contributed by atoms with van der Waals surface area (Å²) < 4.78 is 5.52. The van der Waals surface area contributed by atoms with E-state index >= 15 is 0 Å². The van der Waals surface area contributed by atoms with Gasteiger partial charge in [0.1, 0.15) is 11.4 Å². The number of carbonyl (C=O) groups excluding carboxylic acids is 3. The number of ketones is 1. The highest BCUT2D eigenvalue weighted by atomic mass is 16.6. The van der Waals surface area contributed by atoms with E-state index in [1.165, 1.54) is 12.8 Å². The molecule has 1 aliphatic rings. The SMILES string of the molecule is CC(C)=C/C=C(\C)C(=O)NCC1(C)CN(c2ccc(C)cc2)C(=O)O1.CCC(C)=O.CCCC. The van der Waals surface area contributed by atoms with Gasteiger partial charge in [-0.2, -0.15) is 0 Å². The number of unbranched alkanes of at least 4 members (excludes halogenated alkanes) is 1. The van der Waals surface area contributed by atoms with Crippen LogP contribution in [0, 0.1) is 6.92 Å². The monoisotopic (exact) mass is 472 g/mol. The van der Waals surface area contributed by atoms with Gasteiger partial charge in [0.05, 0.1) is 13.1 Å². The van der Waals surface area contributed by atoms with Crippen molar-refractivity contribution < 1.29 is 19.1 Å². The van der Waals surface area contributed by atoms with Gasteiger partial charge in [0.25, 0.3) is 0 Å². The fourth-order valence-corrected chi connectivity index (χ4v) is 2.48. The van der Waals surface area contributed by atoms with E-state index < -0.39 is 11.7 Å². The molecule has 6 nitrogen and oxygen atoms in total. The fraction of sp³-hybridized carbons (Fsp3) is 0.536. The van der Waals surface area contributed by atoms with Gasteiger partial charge in [-0.15, -0.1) is 0 Å². The van der Waals surface area contributed by atoms with Crippen LogP contribution >= 0.6 is 0 Å². The first-order valence-electron chi connectivity index (χ1n) is 12.1. The highest BCUT2D eigenvalue weighted by Crippen LogP contribution is 2.27. The van der Waals surface area contributed by atoms with Crippen LogP contribution in [0.1, 0.15) is 80.2 Å². The molecule has 6 heteroatoms. The second-order valence-corrected chi connectivity index (χ2v) is 9.07.